The molecule has 1 aromatic carbocycles. The van der Waals surface area contributed by atoms with Gasteiger partial charge in [0.15, 0.2) is 17.3 Å². The number of carbonyl (C=O) groups is 2. The van der Waals surface area contributed by atoms with Crippen LogP contribution in [-0.2, 0) is 15.0 Å². The number of methoxy groups -OCH3 is 2. The van der Waals surface area contributed by atoms with Crippen molar-refractivity contribution in [1.82, 2.24) is 4.90 Å². The molecule has 8 nitrogen and oxygen atoms in total. The third kappa shape index (κ3) is 7.02. The maximum atomic E-state index is 12.0. The van der Waals surface area contributed by atoms with Crippen LogP contribution in [0.2, 0.25) is 0 Å². The van der Waals surface area contributed by atoms with E-state index in [-0.39, 0.29) is 29.4 Å². The summed E-state index contributed by atoms with van der Waals surface area (Å²) in [6.45, 7) is 7.40. The summed E-state index contributed by atoms with van der Waals surface area (Å²) in [5.41, 5.74) is -1.45. The zero-order valence-electron chi connectivity index (χ0n) is 23.9. The Balaban J connectivity index is 0.00000760. The number of rotatable bonds is 12. The molecule has 222 valence electrons. The molecule has 1 aliphatic rings. The second-order valence-corrected chi connectivity index (χ2v) is 11.0. The first kappa shape index (κ1) is 37.5. The van der Waals surface area contributed by atoms with Crippen LogP contribution in [0.1, 0.15) is 46.1 Å². The number of ether oxygens (including phenoxy) is 2. The third-order valence-corrected chi connectivity index (χ3v) is 8.84. The molecule has 1 aromatic rings. The van der Waals surface area contributed by atoms with E-state index in [1.807, 2.05) is 30.9 Å². The number of hydrogen-bond donors (Lipinski definition) is 1. The number of ketones is 1. The van der Waals surface area contributed by atoms with Gasteiger partial charge < -0.3 is 20.1 Å². The fourth-order valence-corrected chi connectivity index (χ4v) is 5.73. The fraction of sp³-hybridized carbons (Fsp3) is 0.483. The molecule has 0 amide bonds. The molecule has 2 rings (SSSR count). The molecule has 40 heavy (non-hydrogen) atoms. The summed E-state index contributed by atoms with van der Waals surface area (Å²) in [5.74, 6) is -0.782. The van der Waals surface area contributed by atoms with Gasteiger partial charge in [0, 0.05) is 5.41 Å². The maximum Gasteiger partial charge on any atom is 0.339 e. The van der Waals surface area contributed by atoms with Crippen LogP contribution in [0.15, 0.2) is 53.1 Å². The van der Waals surface area contributed by atoms with E-state index in [9.17, 15) is 20.0 Å². The van der Waals surface area contributed by atoms with E-state index in [4.69, 9.17) is 32.7 Å². The zero-order chi connectivity index (χ0) is 28.9. The van der Waals surface area contributed by atoms with Gasteiger partial charge in [-0.15, -0.1) is 12.4 Å². The lowest BCUT2D eigenvalue weighted by Gasteiger charge is -2.48. The lowest BCUT2D eigenvalue weighted by Crippen LogP contribution is -2.54. The van der Waals surface area contributed by atoms with Crippen molar-refractivity contribution < 1.29 is 29.6 Å². The molecule has 11 heteroatoms. The summed E-state index contributed by atoms with van der Waals surface area (Å²) in [6, 6.07) is 8.08. The van der Waals surface area contributed by atoms with Crippen molar-refractivity contribution in [3.05, 3.63) is 58.7 Å². The summed E-state index contributed by atoms with van der Waals surface area (Å²) in [7, 11) is 4.92. The van der Waals surface area contributed by atoms with Crippen LogP contribution in [0.5, 0.6) is 11.5 Å². The van der Waals surface area contributed by atoms with Gasteiger partial charge in [-0.2, -0.15) is 5.26 Å². The van der Waals surface area contributed by atoms with Crippen LogP contribution in [0.3, 0.4) is 0 Å². The largest absolute Gasteiger partial charge is 0.493 e. The van der Waals surface area contributed by atoms with Crippen molar-refractivity contribution in [3.63, 3.8) is 0 Å². The summed E-state index contributed by atoms with van der Waals surface area (Å²) in [5, 5.41) is 20.3. The molecule has 0 spiro atoms. The van der Waals surface area contributed by atoms with Gasteiger partial charge in [0.05, 0.1) is 36.3 Å². The highest BCUT2D eigenvalue weighted by molar-refractivity contribution is 6.40. The van der Waals surface area contributed by atoms with Crippen molar-refractivity contribution >= 4 is 47.4 Å². The van der Waals surface area contributed by atoms with Crippen LogP contribution < -0.4 is 9.47 Å². The van der Waals surface area contributed by atoms with Crippen molar-refractivity contribution in [2.75, 3.05) is 27.8 Å². The molecule has 0 bridgehead atoms. The molecule has 0 fully saturated rings. The van der Waals surface area contributed by atoms with Gasteiger partial charge in [-0.05, 0) is 70.0 Å². The minimum atomic E-state index is -1.35. The number of nitrogens with zero attached hydrogens (tertiary/aromatic N) is 2. The summed E-state index contributed by atoms with van der Waals surface area (Å²) in [4.78, 5) is 24.3. The summed E-state index contributed by atoms with van der Waals surface area (Å²) in [6.07, 6.45) is 7.56. The number of benzene rings is 1. The van der Waals surface area contributed by atoms with Gasteiger partial charge >= 0.3 is 5.97 Å². The zero-order valence-corrected chi connectivity index (χ0v) is 26.2. The second-order valence-electron chi connectivity index (χ2n) is 10.0. The molecular formula is C29H39Cl3N2O6. The molecule has 1 aliphatic carbocycles. The lowest BCUT2D eigenvalue weighted by atomic mass is 9.69. The van der Waals surface area contributed by atoms with Gasteiger partial charge in [-0.1, -0.05) is 61.3 Å². The molecule has 0 saturated heterocycles. The quantitative estimate of drug-likeness (QED) is 0.105. The number of aliphatic carboxylic acids is 1. The maximum absolute atomic E-state index is 12.0. The predicted molar refractivity (Wildman–Crippen MR) is 161 cm³/mol. The van der Waals surface area contributed by atoms with Gasteiger partial charge in [-0.25, -0.2) is 4.79 Å². The third-order valence-electron chi connectivity index (χ3n) is 7.44. The van der Waals surface area contributed by atoms with Crippen molar-refractivity contribution in [1.29, 1.82) is 5.26 Å². The number of likely N-dealkylation sites (N-methyl/N-ethyl adjacent to an activating group) is 1. The molecule has 3 unspecified atom stereocenters. The first-order valence-corrected chi connectivity index (χ1v) is 13.1. The topological polar surface area (TPSA) is 131 Å². The second kappa shape index (κ2) is 14.9. The Morgan fingerprint density at radius 3 is 2.33 bits per heavy atom. The Morgan fingerprint density at radius 1 is 1.25 bits per heavy atom. The number of nitriles is 1. The number of carboxylic acid groups (broad SMARTS) is 1. The highest BCUT2D eigenvalue weighted by Crippen LogP contribution is 2.51. The van der Waals surface area contributed by atoms with Crippen molar-refractivity contribution in [3.8, 4) is 17.6 Å². The van der Waals surface area contributed by atoms with E-state index in [1.54, 1.807) is 52.5 Å². The Kier molecular flexibility index (Phi) is 14.0. The molecule has 3 N–H and O–H groups in total. The molecule has 0 saturated carbocycles. The van der Waals surface area contributed by atoms with Gasteiger partial charge in [0.2, 0.25) is 0 Å². The highest BCUT2D eigenvalue weighted by Gasteiger charge is 2.51. The number of Topliss-reactive ketones (excluding diaryl/α,β-unsaturated/α-hetero) is 1. The SMILES string of the molecule is COc1ccc(C(C#N)(CCCN(C)C2(Cl)C(Cl)=CC=CC2(C)C=C(C(C)=O)C(=O)O)C(C)C)cc1OC.Cl.O. The smallest absolute Gasteiger partial charge is 0.339 e. The van der Waals surface area contributed by atoms with Crippen LogP contribution >= 0.6 is 35.6 Å². The monoisotopic (exact) mass is 616 g/mol. The van der Waals surface area contributed by atoms with E-state index in [1.165, 1.54) is 13.0 Å². The summed E-state index contributed by atoms with van der Waals surface area (Å²) < 4.78 is 10.8. The fourth-order valence-electron chi connectivity index (χ4n) is 5.04. The Hall–Kier alpha value is -2.54. The molecular weight excluding hydrogens is 579 g/mol. The Morgan fingerprint density at radius 2 is 1.85 bits per heavy atom. The van der Waals surface area contributed by atoms with Crippen molar-refractivity contribution in [2.45, 2.75) is 50.9 Å². The van der Waals surface area contributed by atoms with Gasteiger partial charge in [-0.3, -0.25) is 9.69 Å². The number of allylic oxidation sites excluding steroid dienone is 2. The van der Waals surface area contributed by atoms with Crippen LogP contribution in [0.25, 0.3) is 0 Å². The number of hydrogen-bond acceptors (Lipinski definition) is 6. The van der Waals surface area contributed by atoms with E-state index < -0.39 is 27.6 Å². The standard InChI is InChI=1S/C29H36Cl2N2O5.ClH.H2O/c1-19(2)28(18-32,21-11-12-23(37-6)24(16-21)38-7)14-9-15-33(5)29(31)25(30)10-8-13-27(29,4)17-22(20(3)34)26(35)36;;/h8,10-13,16-17,19H,9,14-15H2,1-7H3,(H,35,36);1H;1H2. The lowest BCUT2D eigenvalue weighted by molar-refractivity contribution is -0.134. The molecule has 0 aliphatic heterocycles. The normalized spacial score (nSPS) is 21.9. The van der Waals surface area contributed by atoms with Crippen LogP contribution in [0, 0.1) is 22.7 Å². The molecule has 0 radical (unpaired) electrons. The summed E-state index contributed by atoms with van der Waals surface area (Å²) >= 11 is 13.8. The van der Waals surface area contributed by atoms with Gasteiger partial charge in [0.25, 0.3) is 0 Å². The first-order valence-electron chi connectivity index (χ1n) is 12.3. The molecule has 3 atom stereocenters. The van der Waals surface area contributed by atoms with Crippen LogP contribution in [0.4, 0.5) is 0 Å². The minimum absolute atomic E-state index is 0. The minimum Gasteiger partial charge on any atom is -0.493 e. The van der Waals surface area contributed by atoms with E-state index in [0.717, 1.165) is 5.56 Å². The highest BCUT2D eigenvalue weighted by atomic mass is 35.5. The van der Waals surface area contributed by atoms with Crippen molar-refractivity contribution in [2.24, 2.45) is 11.3 Å². The first-order chi connectivity index (χ1) is 17.7. The number of carbonyl (C=O) groups excluding carboxylic acids is 1. The average Bonchev–Trinajstić information content (AvgIpc) is 2.87. The molecule has 0 aromatic heterocycles. The number of alkyl halides is 1. The average molecular weight is 618 g/mol. The Bertz CT molecular complexity index is 1190. The van der Waals surface area contributed by atoms with E-state index in [2.05, 4.69) is 6.07 Å². The number of carboxylic acids is 1. The van der Waals surface area contributed by atoms with Gasteiger partial charge in [0.1, 0.15) is 5.00 Å². The molecule has 0 heterocycles. The number of halogens is 3. The van der Waals surface area contributed by atoms with E-state index >= 15 is 0 Å². The van der Waals surface area contributed by atoms with Crippen LogP contribution in [-0.4, -0.2) is 60.0 Å². The van der Waals surface area contributed by atoms with E-state index in [0.29, 0.717) is 35.9 Å². The Labute approximate surface area is 252 Å². The predicted octanol–water partition coefficient (Wildman–Crippen LogP) is 5.66.